The number of unbranched alkanes of at least 4 members (excludes halogenated alkanes) is 3. The van der Waals surface area contributed by atoms with Crippen molar-refractivity contribution in [3.8, 4) is 6.07 Å². The van der Waals surface area contributed by atoms with Gasteiger partial charge in [-0.25, -0.2) is 0 Å². The maximum atomic E-state index is 8.64. The van der Waals surface area contributed by atoms with E-state index in [4.69, 9.17) is 5.26 Å². The average molecular weight is 194 g/mol. The molecule has 0 unspecified atom stereocenters. The van der Waals surface area contributed by atoms with Gasteiger partial charge < -0.3 is 5.32 Å². The molecule has 1 aliphatic carbocycles. The van der Waals surface area contributed by atoms with Crippen molar-refractivity contribution < 1.29 is 0 Å². The van der Waals surface area contributed by atoms with Crippen LogP contribution in [0.2, 0.25) is 0 Å². The number of nitriles is 1. The van der Waals surface area contributed by atoms with Gasteiger partial charge in [-0.1, -0.05) is 26.2 Å². The lowest BCUT2D eigenvalue weighted by Crippen LogP contribution is -2.24. The number of hydrogen-bond donors (Lipinski definition) is 1. The van der Waals surface area contributed by atoms with Crippen LogP contribution in [0, 0.1) is 16.7 Å². The Bertz CT molecular complexity index is 189. The molecule has 0 aromatic heterocycles. The molecule has 1 aliphatic rings. The molecular weight excluding hydrogens is 172 g/mol. The summed E-state index contributed by atoms with van der Waals surface area (Å²) in [6.45, 7) is 4.43. The highest BCUT2D eigenvalue weighted by atomic mass is 14.9. The molecule has 1 saturated carbocycles. The van der Waals surface area contributed by atoms with Crippen LogP contribution in [-0.2, 0) is 0 Å². The molecule has 0 bridgehead atoms. The third-order valence-electron chi connectivity index (χ3n) is 3.12. The Hall–Kier alpha value is -0.550. The summed E-state index contributed by atoms with van der Waals surface area (Å²) in [7, 11) is 0. The van der Waals surface area contributed by atoms with Gasteiger partial charge in [0.1, 0.15) is 0 Å². The first-order valence-electron chi connectivity index (χ1n) is 5.91. The van der Waals surface area contributed by atoms with E-state index in [1.165, 1.54) is 38.5 Å². The molecular formula is C12H22N2. The first-order valence-corrected chi connectivity index (χ1v) is 5.91. The number of nitrogens with one attached hydrogen (secondary N) is 1. The van der Waals surface area contributed by atoms with Crippen molar-refractivity contribution in [1.29, 1.82) is 5.26 Å². The van der Waals surface area contributed by atoms with Gasteiger partial charge >= 0.3 is 0 Å². The topological polar surface area (TPSA) is 35.8 Å². The van der Waals surface area contributed by atoms with Crippen LogP contribution >= 0.6 is 0 Å². The number of rotatable bonds is 8. The average Bonchev–Trinajstić information content (AvgIpc) is 2.93. The smallest absolute Gasteiger partial charge is 0.0628 e. The van der Waals surface area contributed by atoms with Crippen LogP contribution in [0.4, 0.5) is 0 Å². The highest BCUT2D eigenvalue weighted by molar-refractivity contribution is 5.00. The van der Waals surface area contributed by atoms with Gasteiger partial charge in [-0.05, 0) is 31.2 Å². The summed E-state index contributed by atoms with van der Waals surface area (Å²) in [6.07, 6.45) is 8.54. The summed E-state index contributed by atoms with van der Waals surface area (Å²) < 4.78 is 0. The molecule has 80 valence electrons. The van der Waals surface area contributed by atoms with E-state index < -0.39 is 0 Å². The van der Waals surface area contributed by atoms with Crippen molar-refractivity contribution in [2.45, 2.75) is 51.9 Å². The van der Waals surface area contributed by atoms with E-state index in [1.54, 1.807) is 0 Å². The van der Waals surface area contributed by atoms with Crippen molar-refractivity contribution in [2.75, 3.05) is 13.1 Å². The quantitative estimate of drug-likeness (QED) is 0.603. The Morgan fingerprint density at radius 2 is 2.07 bits per heavy atom. The predicted molar refractivity (Wildman–Crippen MR) is 58.9 cm³/mol. The second-order valence-corrected chi connectivity index (χ2v) is 4.57. The van der Waals surface area contributed by atoms with Crippen molar-refractivity contribution in [3.63, 3.8) is 0 Å². The Morgan fingerprint density at radius 3 is 2.64 bits per heavy atom. The summed E-state index contributed by atoms with van der Waals surface area (Å²) in [4.78, 5) is 0. The summed E-state index contributed by atoms with van der Waals surface area (Å²) in [5.41, 5.74) is 0.375. The van der Waals surface area contributed by atoms with E-state index in [0.29, 0.717) is 5.41 Å². The second kappa shape index (κ2) is 6.03. The SMILES string of the molecule is CCCCCCNCC1(CC#N)CC1. The third kappa shape index (κ3) is 4.11. The Morgan fingerprint density at radius 1 is 1.29 bits per heavy atom. The molecule has 1 rings (SSSR count). The molecule has 1 fully saturated rings. The fourth-order valence-electron chi connectivity index (χ4n) is 1.79. The maximum absolute atomic E-state index is 8.64. The molecule has 0 aromatic rings. The normalized spacial score (nSPS) is 17.7. The summed E-state index contributed by atoms with van der Waals surface area (Å²) in [5.74, 6) is 0. The minimum atomic E-state index is 0.375. The largest absolute Gasteiger partial charge is 0.316 e. The van der Waals surface area contributed by atoms with Crippen molar-refractivity contribution >= 4 is 0 Å². The van der Waals surface area contributed by atoms with Crippen molar-refractivity contribution in [2.24, 2.45) is 5.41 Å². The van der Waals surface area contributed by atoms with E-state index in [1.807, 2.05) is 0 Å². The van der Waals surface area contributed by atoms with Crippen molar-refractivity contribution in [1.82, 2.24) is 5.32 Å². The summed E-state index contributed by atoms with van der Waals surface area (Å²) in [6, 6.07) is 2.29. The molecule has 2 nitrogen and oxygen atoms in total. The lowest BCUT2D eigenvalue weighted by molar-refractivity contribution is 0.459. The van der Waals surface area contributed by atoms with Gasteiger partial charge in [0.25, 0.3) is 0 Å². The Balaban J connectivity index is 1.91. The van der Waals surface area contributed by atoms with Crippen LogP contribution < -0.4 is 5.32 Å². The molecule has 0 atom stereocenters. The zero-order valence-corrected chi connectivity index (χ0v) is 9.31. The van der Waals surface area contributed by atoms with Gasteiger partial charge in [-0.15, -0.1) is 0 Å². The van der Waals surface area contributed by atoms with E-state index in [0.717, 1.165) is 19.5 Å². The fourth-order valence-corrected chi connectivity index (χ4v) is 1.79. The van der Waals surface area contributed by atoms with Crippen LogP contribution in [0.3, 0.4) is 0 Å². The minimum absolute atomic E-state index is 0.375. The van der Waals surface area contributed by atoms with Crippen LogP contribution in [0.5, 0.6) is 0 Å². The lowest BCUT2D eigenvalue weighted by atomic mass is 10.0. The van der Waals surface area contributed by atoms with Crippen LogP contribution in [0.25, 0.3) is 0 Å². The van der Waals surface area contributed by atoms with Gasteiger partial charge in [-0.2, -0.15) is 5.26 Å². The summed E-state index contributed by atoms with van der Waals surface area (Å²) in [5, 5.41) is 12.1. The highest BCUT2D eigenvalue weighted by Gasteiger charge is 2.41. The molecule has 1 N–H and O–H groups in total. The summed E-state index contributed by atoms with van der Waals surface area (Å²) >= 11 is 0. The molecule has 2 heteroatoms. The van der Waals surface area contributed by atoms with Gasteiger partial charge in [0.15, 0.2) is 0 Å². The van der Waals surface area contributed by atoms with Gasteiger partial charge in [-0.3, -0.25) is 0 Å². The molecule has 0 aliphatic heterocycles. The van der Waals surface area contributed by atoms with Gasteiger partial charge in [0.2, 0.25) is 0 Å². The number of nitrogens with zero attached hydrogens (tertiary/aromatic N) is 1. The van der Waals surface area contributed by atoms with Gasteiger partial charge in [0.05, 0.1) is 6.07 Å². The van der Waals surface area contributed by atoms with E-state index >= 15 is 0 Å². The maximum Gasteiger partial charge on any atom is 0.0628 e. The molecule has 0 heterocycles. The van der Waals surface area contributed by atoms with Crippen LogP contribution in [-0.4, -0.2) is 13.1 Å². The molecule has 0 saturated heterocycles. The first-order chi connectivity index (χ1) is 6.83. The van der Waals surface area contributed by atoms with Gasteiger partial charge in [0, 0.05) is 13.0 Å². The fraction of sp³-hybridized carbons (Fsp3) is 0.917. The van der Waals surface area contributed by atoms with E-state index in [2.05, 4.69) is 18.3 Å². The van der Waals surface area contributed by atoms with E-state index in [9.17, 15) is 0 Å². The molecule has 14 heavy (non-hydrogen) atoms. The molecule has 0 radical (unpaired) electrons. The van der Waals surface area contributed by atoms with Crippen molar-refractivity contribution in [3.05, 3.63) is 0 Å². The molecule has 0 amide bonds. The Labute approximate surface area is 87.7 Å². The van der Waals surface area contributed by atoms with E-state index in [-0.39, 0.29) is 0 Å². The first kappa shape index (κ1) is 11.5. The number of hydrogen-bond acceptors (Lipinski definition) is 2. The van der Waals surface area contributed by atoms with Crippen LogP contribution in [0.1, 0.15) is 51.9 Å². The van der Waals surface area contributed by atoms with Crippen LogP contribution in [0.15, 0.2) is 0 Å². The zero-order chi connectivity index (χ0) is 10.3. The Kier molecular flexibility index (Phi) is 4.97. The molecule has 0 spiro atoms. The lowest BCUT2D eigenvalue weighted by Gasteiger charge is -2.11. The third-order valence-corrected chi connectivity index (χ3v) is 3.12. The molecule has 0 aromatic carbocycles. The second-order valence-electron chi connectivity index (χ2n) is 4.57. The minimum Gasteiger partial charge on any atom is -0.316 e. The standard InChI is InChI=1S/C12H22N2/c1-2-3-4-5-10-14-11-12(6-7-12)8-9-13/h14H,2-8,10-11H2,1H3. The zero-order valence-electron chi connectivity index (χ0n) is 9.31. The monoisotopic (exact) mass is 194 g/mol. The highest BCUT2D eigenvalue weighted by Crippen LogP contribution is 2.47. The predicted octanol–water partition coefficient (Wildman–Crippen LogP) is 2.85.